The van der Waals surface area contributed by atoms with Gasteiger partial charge >= 0.3 is 0 Å². The van der Waals surface area contributed by atoms with Crippen molar-refractivity contribution >= 4 is 29.4 Å². The van der Waals surface area contributed by atoms with Gasteiger partial charge in [-0.15, -0.1) is 10.2 Å². The number of nitrogens with one attached hydrogen (secondary N) is 1. The van der Waals surface area contributed by atoms with Gasteiger partial charge in [0.1, 0.15) is 16.5 Å². The molecular weight excluding hydrogens is 380 g/mol. The van der Waals surface area contributed by atoms with Gasteiger partial charge in [-0.2, -0.15) is 0 Å². The molecule has 8 nitrogen and oxygen atoms in total. The third kappa shape index (κ3) is 4.92. The zero-order chi connectivity index (χ0) is 19.9. The molecule has 1 aliphatic rings. The molecule has 28 heavy (non-hydrogen) atoms. The molecule has 2 aromatic rings. The summed E-state index contributed by atoms with van der Waals surface area (Å²) in [6, 6.07) is 8.33. The average Bonchev–Trinajstić information content (AvgIpc) is 3.27. The van der Waals surface area contributed by atoms with Crippen molar-refractivity contribution in [3.63, 3.8) is 0 Å². The van der Waals surface area contributed by atoms with E-state index < -0.39 is 0 Å². The van der Waals surface area contributed by atoms with Crippen LogP contribution in [0, 0.1) is 0 Å². The first-order chi connectivity index (χ1) is 13.6. The van der Waals surface area contributed by atoms with E-state index in [1.54, 1.807) is 37.4 Å². The molecule has 2 amide bonds. The Morgan fingerprint density at radius 3 is 2.54 bits per heavy atom. The Kier molecular flexibility index (Phi) is 6.70. The Balaban J connectivity index is 1.58. The van der Waals surface area contributed by atoms with Gasteiger partial charge < -0.3 is 19.7 Å². The number of hydrogen-bond acceptors (Lipinski definition) is 7. The maximum atomic E-state index is 12.5. The van der Waals surface area contributed by atoms with Crippen molar-refractivity contribution in [1.82, 2.24) is 15.1 Å². The SMILES string of the molecule is COc1ccc(C(=O)Nc2ccc(SCC(=O)N3CCCC3)nn2)c(OC)c1. The number of rotatable bonds is 7. The second-order valence-electron chi connectivity index (χ2n) is 6.15. The number of likely N-dealkylation sites (tertiary alicyclic amines) is 1. The van der Waals surface area contributed by atoms with Gasteiger partial charge in [0.15, 0.2) is 5.82 Å². The van der Waals surface area contributed by atoms with E-state index in [0.29, 0.717) is 33.7 Å². The maximum Gasteiger partial charge on any atom is 0.260 e. The molecule has 0 spiro atoms. The van der Waals surface area contributed by atoms with Crippen LogP contribution in [0.25, 0.3) is 0 Å². The molecule has 9 heteroatoms. The predicted molar refractivity (Wildman–Crippen MR) is 106 cm³/mol. The average molecular weight is 402 g/mol. The number of methoxy groups -OCH3 is 2. The van der Waals surface area contributed by atoms with E-state index >= 15 is 0 Å². The number of ether oxygens (including phenoxy) is 2. The lowest BCUT2D eigenvalue weighted by atomic mass is 10.1. The second-order valence-corrected chi connectivity index (χ2v) is 7.15. The summed E-state index contributed by atoms with van der Waals surface area (Å²) in [5, 5.41) is 11.4. The van der Waals surface area contributed by atoms with Gasteiger partial charge in [0.25, 0.3) is 5.91 Å². The minimum Gasteiger partial charge on any atom is -0.497 e. The molecule has 1 aliphatic heterocycles. The first-order valence-electron chi connectivity index (χ1n) is 8.88. The fourth-order valence-electron chi connectivity index (χ4n) is 2.83. The summed E-state index contributed by atoms with van der Waals surface area (Å²) in [5.41, 5.74) is 0.361. The fourth-order valence-corrected chi connectivity index (χ4v) is 3.54. The first kappa shape index (κ1) is 19.9. The van der Waals surface area contributed by atoms with Gasteiger partial charge in [-0.3, -0.25) is 9.59 Å². The number of carbonyl (C=O) groups excluding carboxylic acids is 2. The molecule has 3 rings (SSSR count). The van der Waals surface area contributed by atoms with E-state index in [-0.39, 0.29) is 11.8 Å². The van der Waals surface area contributed by atoms with Crippen LogP contribution in [0.4, 0.5) is 5.82 Å². The number of anilines is 1. The Labute approximate surface area is 167 Å². The molecular formula is C19H22N4O4S. The van der Waals surface area contributed by atoms with E-state index in [0.717, 1.165) is 25.9 Å². The normalized spacial score (nSPS) is 13.3. The summed E-state index contributed by atoms with van der Waals surface area (Å²) in [6.07, 6.45) is 2.15. The van der Waals surface area contributed by atoms with E-state index in [4.69, 9.17) is 9.47 Å². The summed E-state index contributed by atoms with van der Waals surface area (Å²) in [7, 11) is 3.03. The van der Waals surface area contributed by atoms with E-state index in [1.807, 2.05) is 4.90 Å². The van der Waals surface area contributed by atoms with Crippen LogP contribution in [0.1, 0.15) is 23.2 Å². The third-order valence-electron chi connectivity index (χ3n) is 4.34. The molecule has 1 aromatic heterocycles. The van der Waals surface area contributed by atoms with Crippen LogP contribution >= 0.6 is 11.8 Å². The molecule has 1 N–H and O–H groups in total. The lowest BCUT2D eigenvalue weighted by Crippen LogP contribution is -2.29. The molecule has 0 radical (unpaired) electrons. The lowest BCUT2D eigenvalue weighted by Gasteiger charge is -2.14. The Bertz CT molecular complexity index is 838. The van der Waals surface area contributed by atoms with E-state index in [9.17, 15) is 9.59 Å². The van der Waals surface area contributed by atoms with Gasteiger partial charge in [0.05, 0.1) is 25.5 Å². The lowest BCUT2D eigenvalue weighted by molar-refractivity contribution is -0.127. The quantitative estimate of drug-likeness (QED) is 0.711. The van der Waals surface area contributed by atoms with Crippen molar-refractivity contribution in [3.8, 4) is 11.5 Å². The monoisotopic (exact) mass is 402 g/mol. The van der Waals surface area contributed by atoms with Crippen molar-refractivity contribution in [3.05, 3.63) is 35.9 Å². The molecule has 1 fully saturated rings. The molecule has 148 valence electrons. The summed E-state index contributed by atoms with van der Waals surface area (Å²) in [5.74, 6) is 1.41. The summed E-state index contributed by atoms with van der Waals surface area (Å²) >= 11 is 1.34. The topological polar surface area (TPSA) is 93.7 Å². The smallest absolute Gasteiger partial charge is 0.260 e. The third-order valence-corrected chi connectivity index (χ3v) is 5.24. The largest absolute Gasteiger partial charge is 0.497 e. The number of amides is 2. The zero-order valence-electron chi connectivity index (χ0n) is 15.8. The van der Waals surface area contributed by atoms with Crippen molar-refractivity contribution in [1.29, 1.82) is 0 Å². The van der Waals surface area contributed by atoms with Gasteiger partial charge in [-0.25, -0.2) is 0 Å². The Hall–Kier alpha value is -2.81. The predicted octanol–water partition coefficient (Wildman–Crippen LogP) is 2.46. The molecule has 0 saturated carbocycles. The maximum absolute atomic E-state index is 12.5. The highest BCUT2D eigenvalue weighted by Crippen LogP contribution is 2.25. The van der Waals surface area contributed by atoms with Gasteiger partial charge in [-0.05, 0) is 37.1 Å². The van der Waals surface area contributed by atoms with Crippen molar-refractivity contribution in [2.45, 2.75) is 17.9 Å². The Morgan fingerprint density at radius 2 is 1.89 bits per heavy atom. The van der Waals surface area contributed by atoms with Crippen LogP contribution in [0.3, 0.4) is 0 Å². The minimum absolute atomic E-state index is 0.119. The van der Waals surface area contributed by atoms with Crippen LogP contribution in [0.15, 0.2) is 35.4 Å². The number of aromatic nitrogens is 2. The zero-order valence-corrected chi connectivity index (χ0v) is 16.6. The molecule has 0 atom stereocenters. The van der Waals surface area contributed by atoms with Crippen LogP contribution in [0.5, 0.6) is 11.5 Å². The van der Waals surface area contributed by atoms with Crippen LogP contribution in [0.2, 0.25) is 0 Å². The highest BCUT2D eigenvalue weighted by Gasteiger charge is 2.18. The second kappa shape index (κ2) is 9.41. The van der Waals surface area contributed by atoms with Crippen molar-refractivity contribution < 1.29 is 19.1 Å². The molecule has 0 bridgehead atoms. The van der Waals surface area contributed by atoms with Crippen molar-refractivity contribution in [2.24, 2.45) is 0 Å². The summed E-state index contributed by atoms with van der Waals surface area (Å²) < 4.78 is 10.4. The van der Waals surface area contributed by atoms with Gasteiger partial charge in [0, 0.05) is 19.2 Å². The number of nitrogens with zero attached hydrogens (tertiary/aromatic N) is 3. The summed E-state index contributed by atoms with van der Waals surface area (Å²) in [6.45, 7) is 1.68. The van der Waals surface area contributed by atoms with Gasteiger partial charge in [0.2, 0.25) is 5.91 Å². The fraction of sp³-hybridized carbons (Fsp3) is 0.368. The number of benzene rings is 1. The number of thioether (sulfide) groups is 1. The van der Waals surface area contributed by atoms with E-state index in [2.05, 4.69) is 15.5 Å². The molecule has 1 saturated heterocycles. The summed E-state index contributed by atoms with van der Waals surface area (Å²) in [4.78, 5) is 26.4. The van der Waals surface area contributed by atoms with E-state index in [1.165, 1.54) is 18.9 Å². The highest BCUT2D eigenvalue weighted by molar-refractivity contribution is 7.99. The molecule has 0 unspecified atom stereocenters. The van der Waals surface area contributed by atoms with Crippen molar-refractivity contribution in [2.75, 3.05) is 38.4 Å². The Morgan fingerprint density at radius 1 is 1.11 bits per heavy atom. The standard InChI is InChI=1S/C19H22N4O4S/c1-26-13-5-6-14(15(11-13)27-2)19(25)20-16-7-8-17(22-21-16)28-12-18(24)23-9-3-4-10-23/h5-8,11H,3-4,9-10,12H2,1-2H3,(H,20,21,25). The van der Waals surface area contributed by atoms with Crippen LogP contribution in [-0.2, 0) is 4.79 Å². The molecule has 2 heterocycles. The van der Waals surface area contributed by atoms with Crippen LogP contribution in [-0.4, -0.2) is 60.0 Å². The minimum atomic E-state index is -0.363. The number of carbonyl (C=O) groups is 2. The molecule has 1 aromatic carbocycles. The highest BCUT2D eigenvalue weighted by atomic mass is 32.2. The molecule has 0 aliphatic carbocycles. The first-order valence-corrected chi connectivity index (χ1v) is 9.87. The van der Waals surface area contributed by atoms with Gasteiger partial charge in [-0.1, -0.05) is 11.8 Å². The number of hydrogen-bond donors (Lipinski definition) is 1. The van der Waals surface area contributed by atoms with Crippen LogP contribution < -0.4 is 14.8 Å².